The van der Waals surface area contributed by atoms with E-state index in [-0.39, 0.29) is 28.9 Å². The molecule has 9 heteroatoms. The molecule has 27 heavy (non-hydrogen) atoms. The number of benzene rings is 2. The number of hydrogen-bond acceptors (Lipinski definition) is 6. The van der Waals surface area contributed by atoms with Crippen LogP contribution in [0.1, 0.15) is 12.8 Å². The van der Waals surface area contributed by atoms with Crippen molar-refractivity contribution in [2.75, 3.05) is 19.0 Å². The molecule has 8 nitrogen and oxygen atoms in total. The molecule has 0 aliphatic heterocycles. The molecule has 0 unspecified atom stereocenters. The third kappa shape index (κ3) is 6.55. The molecule has 0 saturated heterocycles. The van der Waals surface area contributed by atoms with Crippen LogP contribution in [0.4, 0.5) is 11.4 Å². The van der Waals surface area contributed by atoms with E-state index in [0.29, 0.717) is 18.7 Å². The molecular formula is C18H19N3O5S. The molecule has 0 bridgehead atoms. The van der Waals surface area contributed by atoms with Crippen LogP contribution in [0.3, 0.4) is 0 Å². The zero-order valence-electron chi connectivity index (χ0n) is 14.6. The van der Waals surface area contributed by atoms with Gasteiger partial charge in [-0.25, -0.2) is 0 Å². The molecule has 2 rings (SSSR count). The molecule has 0 aliphatic carbocycles. The largest absolute Gasteiger partial charge is 0.494 e. The fraction of sp³-hybridized carbons (Fsp3) is 0.222. The number of rotatable bonds is 8. The van der Waals surface area contributed by atoms with Gasteiger partial charge in [0.2, 0.25) is 5.91 Å². The van der Waals surface area contributed by atoms with E-state index in [0.717, 1.165) is 5.75 Å². The number of methoxy groups -OCH3 is 1. The van der Waals surface area contributed by atoms with Crippen molar-refractivity contribution < 1.29 is 19.2 Å². The summed E-state index contributed by atoms with van der Waals surface area (Å²) in [5, 5.41) is 16.2. The average Bonchev–Trinajstić information content (AvgIpc) is 2.66. The third-order valence-corrected chi connectivity index (χ3v) is 3.66. The van der Waals surface area contributed by atoms with Crippen LogP contribution in [0.2, 0.25) is 0 Å². The van der Waals surface area contributed by atoms with Crippen molar-refractivity contribution in [2.24, 2.45) is 0 Å². The second-order valence-corrected chi connectivity index (χ2v) is 5.82. The van der Waals surface area contributed by atoms with Crippen LogP contribution in [-0.4, -0.2) is 29.7 Å². The molecule has 2 aromatic carbocycles. The van der Waals surface area contributed by atoms with E-state index in [1.54, 1.807) is 0 Å². The Balaban J connectivity index is 1.77. The van der Waals surface area contributed by atoms with Gasteiger partial charge in [-0.1, -0.05) is 18.2 Å². The second-order valence-electron chi connectivity index (χ2n) is 5.41. The Morgan fingerprint density at radius 3 is 2.63 bits per heavy atom. The first-order valence-corrected chi connectivity index (χ1v) is 8.51. The number of nitro groups is 1. The number of nitrogens with one attached hydrogen (secondary N) is 2. The predicted octanol–water partition coefficient (Wildman–Crippen LogP) is 3.28. The minimum absolute atomic E-state index is 0.0798. The quantitative estimate of drug-likeness (QED) is 0.309. The third-order valence-electron chi connectivity index (χ3n) is 3.46. The first kappa shape index (κ1) is 20.1. The number of para-hydroxylation sites is 1. The van der Waals surface area contributed by atoms with Crippen LogP contribution in [0.5, 0.6) is 11.5 Å². The fourth-order valence-electron chi connectivity index (χ4n) is 2.18. The van der Waals surface area contributed by atoms with E-state index < -0.39 is 4.92 Å². The van der Waals surface area contributed by atoms with Gasteiger partial charge in [-0.2, -0.15) is 0 Å². The molecule has 2 N–H and O–H groups in total. The molecule has 1 amide bonds. The van der Waals surface area contributed by atoms with Gasteiger partial charge in [-0.3, -0.25) is 14.9 Å². The van der Waals surface area contributed by atoms with E-state index >= 15 is 0 Å². The van der Waals surface area contributed by atoms with E-state index in [1.807, 2.05) is 30.3 Å². The number of nitro benzene ring substituents is 1. The van der Waals surface area contributed by atoms with Crippen LogP contribution >= 0.6 is 12.2 Å². The number of thiocarbonyl (C=S) groups is 1. The van der Waals surface area contributed by atoms with Crippen molar-refractivity contribution in [3.63, 3.8) is 0 Å². The number of carbonyl (C=O) groups is 1. The SMILES string of the molecule is COc1cc([N+](=O)[O-])ccc1NC(=S)NC(=O)CCCOc1ccccc1. The van der Waals surface area contributed by atoms with Crippen LogP contribution in [0, 0.1) is 10.1 Å². The van der Waals surface area contributed by atoms with Gasteiger partial charge >= 0.3 is 0 Å². The molecule has 2 aromatic rings. The van der Waals surface area contributed by atoms with E-state index in [1.165, 1.54) is 25.3 Å². The van der Waals surface area contributed by atoms with E-state index in [2.05, 4.69) is 10.6 Å². The highest BCUT2D eigenvalue weighted by molar-refractivity contribution is 7.80. The maximum Gasteiger partial charge on any atom is 0.273 e. The molecule has 0 heterocycles. The normalized spacial score (nSPS) is 9.96. The summed E-state index contributed by atoms with van der Waals surface area (Å²) >= 11 is 5.10. The Labute approximate surface area is 161 Å². The molecule has 0 fully saturated rings. The van der Waals surface area contributed by atoms with Gasteiger partial charge in [-0.15, -0.1) is 0 Å². The van der Waals surface area contributed by atoms with Crippen LogP contribution < -0.4 is 20.1 Å². The average molecular weight is 389 g/mol. The highest BCUT2D eigenvalue weighted by Crippen LogP contribution is 2.28. The molecule has 0 saturated carbocycles. The molecule has 0 radical (unpaired) electrons. The fourth-order valence-corrected chi connectivity index (χ4v) is 2.40. The molecule has 142 valence electrons. The zero-order valence-corrected chi connectivity index (χ0v) is 15.5. The summed E-state index contributed by atoms with van der Waals surface area (Å²) in [5.74, 6) is 0.738. The van der Waals surface area contributed by atoms with Crippen LogP contribution in [-0.2, 0) is 4.79 Å². The summed E-state index contributed by atoms with van der Waals surface area (Å²) in [5.41, 5.74) is 0.312. The molecule has 0 atom stereocenters. The Morgan fingerprint density at radius 1 is 1.22 bits per heavy atom. The monoisotopic (exact) mass is 389 g/mol. The predicted molar refractivity (Wildman–Crippen MR) is 105 cm³/mol. The second kappa shape index (κ2) is 10.1. The van der Waals surface area contributed by atoms with Crippen molar-refractivity contribution in [2.45, 2.75) is 12.8 Å². The molecule has 0 aliphatic rings. The highest BCUT2D eigenvalue weighted by Gasteiger charge is 2.13. The van der Waals surface area contributed by atoms with Crippen molar-refractivity contribution in [3.05, 3.63) is 58.6 Å². The lowest BCUT2D eigenvalue weighted by Gasteiger charge is -2.12. The Morgan fingerprint density at radius 2 is 1.96 bits per heavy atom. The topological polar surface area (TPSA) is 103 Å². The lowest BCUT2D eigenvalue weighted by molar-refractivity contribution is -0.384. The maximum atomic E-state index is 11.9. The van der Waals surface area contributed by atoms with Gasteiger partial charge in [0.05, 0.1) is 30.4 Å². The van der Waals surface area contributed by atoms with Gasteiger partial charge in [0.1, 0.15) is 11.5 Å². The first-order valence-electron chi connectivity index (χ1n) is 8.10. The summed E-state index contributed by atoms with van der Waals surface area (Å²) in [7, 11) is 1.39. The van der Waals surface area contributed by atoms with Crippen LogP contribution in [0.15, 0.2) is 48.5 Å². The van der Waals surface area contributed by atoms with Gasteiger partial charge in [0.15, 0.2) is 5.11 Å². The number of ether oxygens (including phenoxy) is 2. The van der Waals surface area contributed by atoms with Gasteiger partial charge in [-0.05, 0) is 36.8 Å². The molecular weight excluding hydrogens is 370 g/mol. The zero-order chi connectivity index (χ0) is 19.6. The molecule has 0 aromatic heterocycles. The van der Waals surface area contributed by atoms with Crippen LogP contribution in [0.25, 0.3) is 0 Å². The minimum Gasteiger partial charge on any atom is -0.494 e. The van der Waals surface area contributed by atoms with Crippen molar-refractivity contribution in [1.29, 1.82) is 0 Å². The highest BCUT2D eigenvalue weighted by atomic mass is 32.1. The lowest BCUT2D eigenvalue weighted by atomic mass is 10.2. The van der Waals surface area contributed by atoms with Crippen molar-refractivity contribution in [3.8, 4) is 11.5 Å². The summed E-state index contributed by atoms with van der Waals surface area (Å²) in [4.78, 5) is 22.2. The Hall–Kier alpha value is -3.20. The number of nitrogens with zero attached hydrogens (tertiary/aromatic N) is 1. The minimum atomic E-state index is -0.524. The maximum absolute atomic E-state index is 11.9. The standard InChI is InChI=1S/C18H19N3O5S/c1-25-16-12-13(21(23)24)9-10-15(16)19-18(27)20-17(22)8-5-11-26-14-6-3-2-4-7-14/h2-4,6-7,9-10,12H,5,8,11H2,1H3,(H2,19,20,22,27). The summed E-state index contributed by atoms with van der Waals surface area (Å²) in [6, 6.07) is 13.4. The number of hydrogen-bond donors (Lipinski definition) is 2. The number of amides is 1. The van der Waals surface area contributed by atoms with Gasteiger partial charge in [0.25, 0.3) is 5.69 Å². The Bertz CT molecular complexity index is 814. The van der Waals surface area contributed by atoms with Crippen molar-refractivity contribution >= 4 is 34.6 Å². The number of carbonyl (C=O) groups excluding carboxylic acids is 1. The lowest BCUT2D eigenvalue weighted by Crippen LogP contribution is -2.34. The van der Waals surface area contributed by atoms with Crippen molar-refractivity contribution in [1.82, 2.24) is 5.32 Å². The summed E-state index contributed by atoms with van der Waals surface area (Å²) in [6.45, 7) is 0.411. The Kier molecular flexibility index (Phi) is 7.50. The van der Waals surface area contributed by atoms with E-state index in [4.69, 9.17) is 21.7 Å². The number of non-ortho nitro benzene ring substituents is 1. The van der Waals surface area contributed by atoms with E-state index in [9.17, 15) is 14.9 Å². The number of anilines is 1. The smallest absolute Gasteiger partial charge is 0.273 e. The van der Waals surface area contributed by atoms with Gasteiger partial charge in [0, 0.05) is 12.5 Å². The molecule has 0 spiro atoms. The summed E-state index contributed by atoms with van der Waals surface area (Å²) in [6.07, 6.45) is 0.774. The first-order chi connectivity index (χ1) is 13.0. The summed E-state index contributed by atoms with van der Waals surface area (Å²) < 4.78 is 10.6. The van der Waals surface area contributed by atoms with Gasteiger partial charge < -0.3 is 20.1 Å².